The highest BCUT2D eigenvalue weighted by Gasteiger charge is 2.37. The van der Waals surface area contributed by atoms with Crippen molar-refractivity contribution in [3.05, 3.63) is 11.3 Å². The van der Waals surface area contributed by atoms with E-state index in [1.54, 1.807) is 6.92 Å². The number of carbonyl (C=O) groups is 1. The van der Waals surface area contributed by atoms with Gasteiger partial charge in [-0.2, -0.15) is 5.26 Å². The molecule has 4 nitrogen and oxygen atoms in total. The van der Waals surface area contributed by atoms with Gasteiger partial charge < -0.3 is 0 Å². The van der Waals surface area contributed by atoms with Crippen molar-refractivity contribution in [2.24, 2.45) is 9.98 Å². The molecule has 0 aromatic heterocycles. The van der Waals surface area contributed by atoms with Crippen LogP contribution < -0.4 is 0 Å². The fraction of sp³-hybridized carbons (Fsp3) is 0.333. The highest BCUT2D eigenvalue weighted by Crippen LogP contribution is 2.34. The molecule has 1 unspecified atom stereocenters. The van der Waals surface area contributed by atoms with Crippen molar-refractivity contribution in [3.63, 3.8) is 0 Å². The molecule has 0 saturated carbocycles. The molecule has 76 valence electrons. The van der Waals surface area contributed by atoms with Crippen molar-refractivity contribution in [2.75, 3.05) is 6.26 Å². The fourth-order valence-electron chi connectivity index (χ4n) is 1.35. The number of Topliss-reactive ketones (excluding diaryl/α,β-unsaturated/α-hetero) is 1. The zero-order valence-electron chi connectivity index (χ0n) is 8.14. The maximum atomic E-state index is 11.8. The van der Waals surface area contributed by atoms with Gasteiger partial charge in [0, 0.05) is 0 Å². The number of hydrogen-bond donors (Lipinski definition) is 0. The first-order valence-corrected chi connectivity index (χ1v) is 6.31. The highest BCUT2D eigenvalue weighted by molar-refractivity contribution is 8.39. The van der Waals surface area contributed by atoms with Crippen LogP contribution in [0.1, 0.15) is 6.92 Å². The standard InChI is InChI=1S/C9H7N3OS2/c1-4-5(3-10)6(13)7-8(11-4)12-9(14-2)15-7/h7H,1-2H3. The number of thioether (sulfide) groups is 2. The summed E-state index contributed by atoms with van der Waals surface area (Å²) >= 11 is 2.86. The molecule has 2 heterocycles. The fourth-order valence-corrected chi connectivity index (χ4v) is 3.00. The number of ketones is 1. The minimum Gasteiger partial charge on any atom is -0.292 e. The Balaban J connectivity index is 2.44. The van der Waals surface area contributed by atoms with E-state index in [9.17, 15) is 4.79 Å². The minimum atomic E-state index is -0.397. The molecule has 2 rings (SSSR count). The molecule has 0 amide bonds. The van der Waals surface area contributed by atoms with E-state index in [2.05, 4.69) is 9.98 Å². The summed E-state index contributed by atoms with van der Waals surface area (Å²) in [6, 6.07) is 1.90. The Kier molecular flexibility index (Phi) is 2.67. The zero-order valence-corrected chi connectivity index (χ0v) is 9.78. The lowest BCUT2D eigenvalue weighted by Crippen LogP contribution is -2.28. The summed E-state index contributed by atoms with van der Waals surface area (Å²) in [4.78, 5) is 20.2. The summed E-state index contributed by atoms with van der Waals surface area (Å²) in [5, 5.41) is 8.43. The lowest BCUT2D eigenvalue weighted by atomic mass is 10.0. The summed E-state index contributed by atoms with van der Waals surface area (Å²) in [6.07, 6.45) is 1.90. The van der Waals surface area contributed by atoms with Gasteiger partial charge in [0.25, 0.3) is 0 Å². The molecule has 15 heavy (non-hydrogen) atoms. The lowest BCUT2D eigenvalue weighted by Gasteiger charge is -2.13. The van der Waals surface area contributed by atoms with Crippen LogP contribution in [-0.4, -0.2) is 27.5 Å². The number of aliphatic imine (C=N–C) groups is 2. The summed E-state index contributed by atoms with van der Waals surface area (Å²) in [6.45, 7) is 1.66. The molecular weight excluding hydrogens is 230 g/mol. The molecule has 0 aromatic carbocycles. The second kappa shape index (κ2) is 3.83. The number of fused-ring (bicyclic) bond motifs is 1. The summed E-state index contributed by atoms with van der Waals surface area (Å²) < 4.78 is 0.832. The molecule has 2 aliphatic heterocycles. The van der Waals surface area contributed by atoms with Gasteiger partial charge in [-0.05, 0) is 13.2 Å². The quantitative estimate of drug-likeness (QED) is 0.642. The lowest BCUT2D eigenvalue weighted by molar-refractivity contribution is -0.113. The van der Waals surface area contributed by atoms with Crippen LogP contribution >= 0.6 is 23.5 Å². The van der Waals surface area contributed by atoms with Crippen molar-refractivity contribution in [3.8, 4) is 6.07 Å². The maximum absolute atomic E-state index is 11.8. The summed E-state index contributed by atoms with van der Waals surface area (Å²) in [5.41, 5.74) is 0.634. The van der Waals surface area contributed by atoms with Crippen LogP contribution in [-0.2, 0) is 4.79 Å². The third-order valence-corrected chi connectivity index (χ3v) is 4.26. The third-order valence-electron chi connectivity index (χ3n) is 2.07. The molecule has 0 fully saturated rings. The van der Waals surface area contributed by atoms with Crippen LogP contribution in [0.5, 0.6) is 0 Å². The molecule has 0 aliphatic carbocycles. The van der Waals surface area contributed by atoms with Crippen molar-refractivity contribution < 1.29 is 4.79 Å². The number of amidine groups is 1. The first-order valence-electron chi connectivity index (χ1n) is 4.20. The van der Waals surface area contributed by atoms with E-state index >= 15 is 0 Å². The van der Waals surface area contributed by atoms with Gasteiger partial charge in [0.15, 0.2) is 11.6 Å². The van der Waals surface area contributed by atoms with Crippen molar-refractivity contribution in [2.45, 2.75) is 12.2 Å². The van der Waals surface area contributed by atoms with E-state index in [0.29, 0.717) is 11.5 Å². The number of nitrogens with zero attached hydrogens (tertiary/aromatic N) is 3. The second-order valence-electron chi connectivity index (χ2n) is 2.99. The predicted octanol–water partition coefficient (Wildman–Crippen LogP) is 1.60. The number of carbonyl (C=O) groups excluding carboxylic acids is 1. The minimum absolute atomic E-state index is 0.161. The Morgan fingerprint density at radius 2 is 2.27 bits per heavy atom. The van der Waals surface area contributed by atoms with Crippen LogP contribution in [0.25, 0.3) is 0 Å². The van der Waals surface area contributed by atoms with E-state index in [4.69, 9.17) is 5.26 Å². The largest absolute Gasteiger partial charge is 0.292 e. The average molecular weight is 237 g/mol. The van der Waals surface area contributed by atoms with Gasteiger partial charge in [-0.25, -0.2) is 9.98 Å². The molecule has 0 aromatic rings. The molecule has 2 aliphatic rings. The van der Waals surface area contributed by atoms with Crippen molar-refractivity contribution in [1.82, 2.24) is 0 Å². The van der Waals surface area contributed by atoms with E-state index in [-0.39, 0.29) is 11.4 Å². The predicted molar refractivity (Wildman–Crippen MR) is 63.1 cm³/mol. The normalized spacial score (nSPS) is 24.6. The zero-order chi connectivity index (χ0) is 11.0. The summed E-state index contributed by atoms with van der Waals surface area (Å²) in [5.74, 6) is 0.364. The molecule has 0 saturated heterocycles. The van der Waals surface area contributed by atoms with Gasteiger partial charge in [-0.1, -0.05) is 11.8 Å². The van der Waals surface area contributed by atoms with Crippen LogP contribution in [0, 0.1) is 11.3 Å². The van der Waals surface area contributed by atoms with Crippen molar-refractivity contribution >= 4 is 39.5 Å². The Morgan fingerprint density at radius 1 is 1.53 bits per heavy atom. The second-order valence-corrected chi connectivity index (χ2v) is 5.13. The van der Waals surface area contributed by atoms with E-state index in [1.807, 2.05) is 12.3 Å². The van der Waals surface area contributed by atoms with Crippen LogP contribution in [0.2, 0.25) is 0 Å². The van der Waals surface area contributed by atoms with Crippen LogP contribution in [0.3, 0.4) is 0 Å². The van der Waals surface area contributed by atoms with Gasteiger partial charge in [-0.3, -0.25) is 4.79 Å². The molecule has 0 radical (unpaired) electrons. The average Bonchev–Trinajstić information content (AvgIpc) is 2.61. The number of nitriles is 1. The molecule has 0 N–H and O–H groups in total. The number of allylic oxidation sites excluding steroid dienone is 2. The molecule has 0 bridgehead atoms. The number of hydrogen-bond acceptors (Lipinski definition) is 6. The Labute approximate surface area is 95.5 Å². The topological polar surface area (TPSA) is 65.6 Å². The van der Waals surface area contributed by atoms with Gasteiger partial charge >= 0.3 is 0 Å². The van der Waals surface area contributed by atoms with Gasteiger partial charge in [0.05, 0.1) is 5.70 Å². The third kappa shape index (κ3) is 1.62. The smallest absolute Gasteiger partial charge is 0.196 e. The van der Waals surface area contributed by atoms with Crippen molar-refractivity contribution in [1.29, 1.82) is 5.26 Å². The van der Waals surface area contributed by atoms with E-state index in [1.165, 1.54) is 23.5 Å². The van der Waals surface area contributed by atoms with Gasteiger partial charge in [0.2, 0.25) is 0 Å². The van der Waals surface area contributed by atoms with Crippen LogP contribution in [0.4, 0.5) is 0 Å². The van der Waals surface area contributed by atoms with Crippen LogP contribution in [0.15, 0.2) is 21.3 Å². The van der Waals surface area contributed by atoms with Gasteiger partial charge in [0.1, 0.15) is 21.3 Å². The Morgan fingerprint density at radius 3 is 2.87 bits per heavy atom. The Bertz CT molecular complexity index is 470. The van der Waals surface area contributed by atoms with E-state index in [0.717, 1.165) is 4.38 Å². The highest BCUT2D eigenvalue weighted by atomic mass is 32.2. The number of rotatable bonds is 0. The molecule has 0 spiro atoms. The molecular formula is C9H7N3OS2. The Hall–Kier alpha value is -1.06. The summed E-state index contributed by atoms with van der Waals surface area (Å²) in [7, 11) is 0. The first kappa shape index (κ1) is 10.5. The molecule has 1 atom stereocenters. The molecule has 6 heteroatoms. The maximum Gasteiger partial charge on any atom is 0.196 e. The SMILES string of the molecule is CSC1=NC2=NC(C)=C(C#N)C(=O)C2S1. The van der Waals surface area contributed by atoms with Gasteiger partial charge in [-0.15, -0.1) is 11.8 Å². The first-order chi connectivity index (χ1) is 7.17. The van der Waals surface area contributed by atoms with E-state index < -0.39 is 5.25 Å². The monoisotopic (exact) mass is 237 g/mol.